The van der Waals surface area contributed by atoms with E-state index in [-0.39, 0.29) is 35.5 Å². The van der Waals surface area contributed by atoms with Gasteiger partial charge in [-0.05, 0) is 24.3 Å². The molecule has 10 heteroatoms. The number of amides is 3. The number of rotatable bonds is 7. The van der Waals surface area contributed by atoms with Gasteiger partial charge in [0.25, 0.3) is 5.91 Å². The van der Waals surface area contributed by atoms with Gasteiger partial charge >= 0.3 is 0 Å². The summed E-state index contributed by atoms with van der Waals surface area (Å²) < 4.78 is 13.7. The van der Waals surface area contributed by atoms with Gasteiger partial charge in [-0.15, -0.1) is 11.3 Å². The Kier molecular flexibility index (Phi) is 7.48. The van der Waals surface area contributed by atoms with E-state index in [0.29, 0.717) is 18.8 Å². The Labute approximate surface area is 200 Å². The maximum atomic E-state index is 13.7. The molecule has 3 amide bonds. The molecule has 1 aromatic heterocycles. The minimum Gasteiger partial charge on any atom is -0.368 e. The van der Waals surface area contributed by atoms with Crippen molar-refractivity contribution in [2.45, 2.75) is 6.42 Å². The minimum absolute atomic E-state index is 0.0267. The van der Waals surface area contributed by atoms with Crippen molar-refractivity contribution in [3.63, 3.8) is 0 Å². The van der Waals surface area contributed by atoms with E-state index < -0.39 is 11.7 Å². The summed E-state index contributed by atoms with van der Waals surface area (Å²) in [5, 5.41) is 7.08. The number of benzene rings is 2. The smallest absolute Gasteiger partial charge is 0.260 e. The molecule has 1 aliphatic heterocycles. The van der Waals surface area contributed by atoms with Crippen LogP contribution in [-0.2, 0) is 16.0 Å². The molecular formula is C24H24FN5O3S. The van der Waals surface area contributed by atoms with Gasteiger partial charge in [-0.3, -0.25) is 19.7 Å². The van der Waals surface area contributed by atoms with Gasteiger partial charge < -0.3 is 15.1 Å². The molecule has 0 bridgehead atoms. The van der Waals surface area contributed by atoms with Crippen LogP contribution in [0.5, 0.6) is 0 Å². The van der Waals surface area contributed by atoms with Crippen LogP contribution in [0.25, 0.3) is 0 Å². The maximum Gasteiger partial charge on any atom is 0.260 e. The van der Waals surface area contributed by atoms with Gasteiger partial charge in [0.1, 0.15) is 5.82 Å². The Morgan fingerprint density at radius 2 is 1.68 bits per heavy atom. The van der Waals surface area contributed by atoms with Crippen LogP contribution in [0.3, 0.4) is 0 Å². The molecule has 1 aliphatic rings. The number of para-hydroxylation sites is 1. The number of nitrogens with one attached hydrogen (secondary N) is 2. The normalized spacial score (nSPS) is 13.4. The van der Waals surface area contributed by atoms with E-state index in [4.69, 9.17) is 0 Å². The highest BCUT2D eigenvalue weighted by Gasteiger charge is 2.21. The van der Waals surface area contributed by atoms with Crippen molar-refractivity contribution in [3.05, 3.63) is 77.1 Å². The molecule has 1 saturated heterocycles. The SMILES string of the molecule is O=C(Cc1csc(NC(=O)c2ccccc2F)n1)NCC(=O)N1CCN(c2ccccc2)CC1. The lowest BCUT2D eigenvalue weighted by molar-refractivity contribution is -0.133. The Bertz CT molecular complexity index is 1160. The minimum atomic E-state index is -0.623. The fourth-order valence-corrected chi connectivity index (χ4v) is 4.33. The summed E-state index contributed by atoms with van der Waals surface area (Å²) in [5.41, 5.74) is 1.51. The molecule has 3 aromatic rings. The number of thiazole rings is 1. The summed E-state index contributed by atoms with van der Waals surface area (Å²) in [7, 11) is 0. The first-order valence-corrected chi connectivity index (χ1v) is 11.7. The van der Waals surface area contributed by atoms with Gasteiger partial charge in [-0.25, -0.2) is 9.37 Å². The summed E-state index contributed by atoms with van der Waals surface area (Å²) in [6.07, 6.45) is -0.0267. The zero-order valence-corrected chi connectivity index (χ0v) is 19.2. The van der Waals surface area contributed by atoms with Crippen LogP contribution in [0.1, 0.15) is 16.1 Å². The highest BCUT2D eigenvalue weighted by atomic mass is 32.1. The second-order valence-corrected chi connectivity index (χ2v) is 8.59. The summed E-state index contributed by atoms with van der Waals surface area (Å²) in [5.74, 6) is -1.70. The zero-order chi connectivity index (χ0) is 23.9. The molecular weight excluding hydrogens is 457 g/mol. The van der Waals surface area contributed by atoms with Gasteiger partial charge in [0.15, 0.2) is 5.13 Å². The summed E-state index contributed by atoms with van der Waals surface area (Å²) >= 11 is 1.14. The lowest BCUT2D eigenvalue weighted by atomic mass is 10.2. The number of halogens is 1. The third-order valence-corrected chi connectivity index (χ3v) is 6.23. The fraction of sp³-hybridized carbons (Fsp3) is 0.250. The number of hydrogen-bond acceptors (Lipinski definition) is 6. The first kappa shape index (κ1) is 23.4. The Morgan fingerprint density at radius 1 is 0.971 bits per heavy atom. The van der Waals surface area contributed by atoms with Gasteiger partial charge in [0.2, 0.25) is 11.8 Å². The molecule has 0 radical (unpaired) electrons. The molecule has 2 N–H and O–H groups in total. The van der Waals surface area contributed by atoms with E-state index >= 15 is 0 Å². The molecule has 2 heterocycles. The van der Waals surface area contributed by atoms with Crippen molar-refractivity contribution in [1.82, 2.24) is 15.2 Å². The standard InChI is InChI=1S/C24H24FN5O3S/c25-20-9-5-4-8-19(20)23(33)28-24-27-17(16-34-24)14-21(31)26-15-22(32)30-12-10-29(11-13-30)18-6-2-1-3-7-18/h1-9,16H,10-15H2,(H,26,31)(H,27,28,33). The number of carbonyl (C=O) groups excluding carboxylic acids is 3. The lowest BCUT2D eigenvalue weighted by Gasteiger charge is -2.36. The van der Waals surface area contributed by atoms with Gasteiger partial charge in [-0.2, -0.15) is 0 Å². The topological polar surface area (TPSA) is 94.6 Å². The number of aromatic nitrogens is 1. The largest absolute Gasteiger partial charge is 0.368 e. The highest BCUT2D eigenvalue weighted by Crippen LogP contribution is 2.18. The fourth-order valence-electron chi connectivity index (χ4n) is 3.62. The first-order chi connectivity index (χ1) is 16.5. The molecule has 0 spiro atoms. The van der Waals surface area contributed by atoms with Crippen molar-refractivity contribution in [3.8, 4) is 0 Å². The molecule has 0 atom stereocenters. The number of carbonyl (C=O) groups is 3. The monoisotopic (exact) mass is 481 g/mol. The first-order valence-electron chi connectivity index (χ1n) is 10.8. The molecule has 0 aliphatic carbocycles. The van der Waals surface area contributed by atoms with Crippen molar-refractivity contribution in [2.75, 3.05) is 42.9 Å². The maximum absolute atomic E-state index is 13.7. The van der Waals surface area contributed by atoms with Crippen LogP contribution < -0.4 is 15.5 Å². The summed E-state index contributed by atoms with van der Waals surface area (Å²) in [4.78, 5) is 45.1. The zero-order valence-electron chi connectivity index (χ0n) is 18.4. The Balaban J connectivity index is 1.20. The van der Waals surface area contributed by atoms with E-state index in [1.807, 2.05) is 30.3 Å². The molecule has 34 heavy (non-hydrogen) atoms. The van der Waals surface area contributed by atoms with Crippen molar-refractivity contribution in [2.24, 2.45) is 0 Å². The number of hydrogen-bond donors (Lipinski definition) is 2. The Morgan fingerprint density at radius 3 is 2.41 bits per heavy atom. The average molecular weight is 482 g/mol. The molecule has 0 saturated carbocycles. The van der Waals surface area contributed by atoms with E-state index in [0.717, 1.165) is 30.1 Å². The number of nitrogens with zero attached hydrogens (tertiary/aromatic N) is 3. The second kappa shape index (κ2) is 10.9. The molecule has 8 nitrogen and oxygen atoms in total. The predicted octanol–water partition coefficient (Wildman–Crippen LogP) is 2.54. The third kappa shape index (κ3) is 5.96. The quantitative estimate of drug-likeness (QED) is 0.541. The van der Waals surface area contributed by atoms with Crippen LogP contribution >= 0.6 is 11.3 Å². The van der Waals surface area contributed by atoms with Crippen molar-refractivity contribution >= 4 is 39.9 Å². The van der Waals surface area contributed by atoms with E-state index in [9.17, 15) is 18.8 Å². The van der Waals surface area contributed by atoms with Gasteiger partial charge in [-0.1, -0.05) is 30.3 Å². The van der Waals surface area contributed by atoms with E-state index in [1.54, 1.807) is 16.3 Å². The second-order valence-electron chi connectivity index (χ2n) is 7.73. The van der Waals surface area contributed by atoms with Crippen molar-refractivity contribution < 1.29 is 18.8 Å². The van der Waals surface area contributed by atoms with E-state index in [2.05, 4.69) is 20.5 Å². The molecule has 176 valence electrons. The van der Waals surface area contributed by atoms with Crippen molar-refractivity contribution in [1.29, 1.82) is 0 Å². The number of piperazine rings is 1. The van der Waals surface area contributed by atoms with Crippen LogP contribution in [-0.4, -0.2) is 60.3 Å². The van der Waals surface area contributed by atoms with Gasteiger partial charge in [0, 0.05) is 37.2 Å². The van der Waals surface area contributed by atoms with Gasteiger partial charge in [0.05, 0.1) is 24.2 Å². The summed E-state index contributed by atoms with van der Waals surface area (Å²) in [6.45, 7) is 2.60. The predicted molar refractivity (Wildman–Crippen MR) is 128 cm³/mol. The van der Waals surface area contributed by atoms with E-state index in [1.165, 1.54) is 18.2 Å². The molecule has 4 rings (SSSR count). The number of anilines is 2. The average Bonchev–Trinajstić information content (AvgIpc) is 3.29. The van der Waals surface area contributed by atoms with Crippen LogP contribution in [0.2, 0.25) is 0 Å². The summed E-state index contributed by atoms with van der Waals surface area (Å²) in [6, 6.07) is 15.7. The highest BCUT2D eigenvalue weighted by molar-refractivity contribution is 7.14. The van der Waals surface area contributed by atoms with Crippen LogP contribution in [0.15, 0.2) is 60.0 Å². The molecule has 1 fully saturated rings. The lowest BCUT2D eigenvalue weighted by Crippen LogP contribution is -2.51. The van der Waals surface area contributed by atoms with Crippen LogP contribution in [0.4, 0.5) is 15.2 Å². The molecule has 0 unspecified atom stereocenters. The Hall–Kier alpha value is -3.79. The third-order valence-electron chi connectivity index (χ3n) is 5.42. The van der Waals surface area contributed by atoms with Crippen LogP contribution in [0, 0.1) is 5.82 Å². The molecule has 2 aromatic carbocycles.